The minimum absolute atomic E-state index is 0.244. The molecule has 0 spiro atoms. The average molecular weight is 565 g/mol. The Bertz CT molecular complexity index is 1150. The van der Waals surface area contributed by atoms with E-state index in [-0.39, 0.29) is 12.6 Å². The predicted octanol–water partition coefficient (Wildman–Crippen LogP) is 6.00. The van der Waals surface area contributed by atoms with Crippen molar-refractivity contribution in [1.82, 2.24) is 14.9 Å². The highest BCUT2D eigenvalue weighted by Gasteiger charge is 2.26. The summed E-state index contributed by atoms with van der Waals surface area (Å²) in [5.41, 5.74) is 8.83. The van der Waals surface area contributed by atoms with Crippen molar-refractivity contribution in [2.24, 2.45) is 5.73 Å². The molecule has 7 nitrogen and oxygen atoms in total. The number of hydroxylamine groups is 2. The molecule has 0 saturated carbocycles. The van der Waals surface area contributed by atoms with E-state index in [9.17, 15) is 10.0 Å². The van der Waals surface area contributed by atoms with Crippen LogP contribution in [-0.2, 0) is 6.42 Å². The van der Waals surface area contributed by atoms with Crippen molar-refractivity contribution < 1.29 is 14.7 Å². The summed E-state index contributed by atoms with van der Waals surface area (Å²) in [4.78, 5) is 16.0. The summed E-state index contributed by atoms with van der Waals surface area (Å²) in [7, 11) is 0. The van der Waals surface area contributed by atoms with E-state index in [1.807, 2.05) is 24.3 Å². The molecule has 0 radical (unpaired) electrons. The molecule has 0 bridgehead atoms. The number of ether oxygens (including phenoxy) is 1. The minimum atomic E-state index is -0.814. The topological polar surface area (TPSA) is 82.3 Å². The molecular weight excluding hydrogens is 524 g/mol. The number of piperazine rings is 1. The number of hydrogen-bond acceptors (Lipinski definition) is 5. The highest BCUT2D eigenvalue weighted by atomic mass is 35.5. The molecule has 3 N–H and O–H groups in total. The van der Waals surface area contributed by atoms with Gasteiger partial charge < -0.3 is 15.4 Å². The highest BCUT2D eigenvalue weighted by molar-refractivity contribution is 6.30. The second kappa shape index (κ2) is 15.6. The van der Waals surface area contributed by atoms with Crippen LogP contribution in [0.25, 0.3) is 0 Å². The van der Waals surface area contributed by atoms with Crippen molar-refractivity contribution in [3.8, 4) is 5.75 Å². The monoisotopic (exact) mass is 564 g/mol. The molecule has 3 aromatic carbocycles. The van der Waals surface area contributed by atoms with Crippen LogP contribution < -0.4 is 10.5 Å². The van der Waals surface area contributed by atoms with Gasteiger partial charge in [-0.1, -0.05) is 66.2 Å². The molecule has 40 heavy (non-hydrogen) atoms. The number of halogens is 1. The zero-order valence-electron chi connectivity index (χ0n) is 23.1. The maximum absolute atomic E-state index is 10.8. The van der Waals surface area contributed by atoms with Gasteiger partial charge in [0.05, 0.1) is 19.2 Å². The zero-order chi connectivity index (χ0) is 28.2. The Morgan fingerprint density at radius 1 is 0.875 bits per heavy atom. The summed E-state index contributed by atoms with van der Waals surface area (Å²) in [5, 5.41) is 10.6. The Balaban J connectivity index is 1.13. The molecule has 1 fully saturated rings. The van der Waals surface area contributed by atoms with Gasteiger partial charge in [-0.15, -0.1) is 0 Å². The second-order valence-corrected chi connectivity index (χ2v) is 10.8. The van der Waals surface area contributed by atoms with Gasteiger partial charge in [-0.2, -0.15) is 0 Å². The minimum Gasteiger partial charge on any atom is -0.494 e. The molecule has 0 aliphatic carbocycles. The number of aryl methyl sites for hydroxylation is 1. The summed E-state index contributed by atoms with van der Waals surface area (Å²) >= 11 is 6.17. The van der Waals surface area contributed by atoms with Crippen LogP contribution in [0.2, 0.25) is 5.02 Å². The van der Waals surface area contributed by atoms with Gasteiger partial charge in [0.25, 0.3) is 0 Å². The third-order valence-electron chi connectivity index (χ3n) is 7.47. The molecule has 1 saturated heterocycles. The summed E-state index contributed by atoms with van der Waals surface area (Å²) in [6, 6.07) is 26.6. The Morgan fingerprint density at radius 2 is 1.55 bits per heavy atom. The van der Waals surface area contributed by atoms with Crippen molar-refractivity contribution in [3.63, 3.8) is 0 Å². The van der Waals surface area contributed by atoms with Gasteiger partial charge in [-0.3, -0.25) is 10.1 Å². The van der Waals surface area contributed by atoms with Gasteiger partial charge in [0.1, 0.15) is 5.75 Å². The van der Waals surface area contributed by atoms with E-state index in [1.54, 1.807) is 0 Å². The van der Waals surface area contributed by atoms with E-state index in [1.165, 1.54) is 16.7 Å². The fourth-order valence-corrected chi connectivity index (χ4v) is 5.35. The number of unbranched alkanes of at least 4 members (excludes halogenated alkanes) is 2. The molecule has 8 heteroatoms. The molecule has 1 atom stereocenters. The van der Waals surface area contributed by atoms with Crippen LogP contribution in [0.3, 0.4) is 0 Å². The van der Waals surface area contributed by atoms with E-state index in [0.717, 1.165) is 69.2 Å². The number of nitrogens with zero attached hydrogens (tertiary/aromatic N) is 3. The number of benzene rings is 3. The van der Waals surface area contributed by atoms with Crippen molar-refractivity contribution in [2.75, 3.05) is 45.9 Å². The third-order valence-corrected chi connectivity index (χ3v) is 7.73. The average Bonchev–Trinajstić information content (AvgIpc) is 2.98. The molecule has 214 valence electrons. The van der Waals surface area contributed by atoms with Crippen LogP contribution in [0.5, 0.6) is 5.75 Å². The number of urea groups is 1. The largest absolute Gasteiger partial charge is 0.494 e. The Labute approximate surface area is 243 Å². The fourth-order valence-electron chi connectivity index (χ4n) is 5.22. The number of rotatable bonds is 14. The van der Waals surface area contributed by atoms with Crippen LogP contribution in [0.4, 0.5) is 4.79 Å². The van der Waals surface area contributed by atoms with E-state index in [4.69, 9.17) is 22.1 Å². The lowest BCUT2D eigenvalue weighted by atomic mass is 9.96. The molecule has 1 unspecified atom stereocenters. The summed E-state index contributed by atoms with van der Waals surface area (Å²) in [6.45, 7) is 6.27. The van der Waals surface area contributed by atoms with Gasteiger partial charge in [0, 0.05) is 31.2 Å². The lowest BCUT2D eigenvalue weighted by Crippen LogP contribution is -2.48. The smallest absolute Gasteiger partial charge is 0.338 e. The first-order valence-corrected chi connectivity index (χ1v) is 14.6. The van der Waals surface area contributed by atoms with E-state index in [0.29, 0.717) is 18.1 Å². The number of nitrogens with two attached hydrogens (primary N) is 1. The lowest BCUT2D eigenvalue weighted by Gasteiger charge is -2.40. The number of amides is 2. The van der Waals surface area contributed by atoms with E-state index < -0.39 is 6.03 Å². The first-order valence-electron chi connectivity index (χ1n) is 14.2. The molecule has 3 aromatic rings. The summed E-state index contributed by atoms with van der Waals surface area (Å²) in [5.74, 6) is 0.891. The number of carbonyl (C=O) groups is 1. The number of carbonyl (C=O) groups excluding carboxylic acids is 1. The van der Waals surface area contributed by atoms with Crippen LogP contribution >= 0.6 is 11.6 Å². The van der Waals surface area contributed by atoms with Crippen LogP contribution in [0, 0.1) is 0 Å². The molecule has 4 rings (SSSR count). The van der Waals surface area contributed by atoms with Gasteiger partial charge in [0.2, 0.25) is 0 Å². The van der Waals surface area contributed by atoms with E-state index in [2.05, 4.69) is 64.4 Å². The number of hydrogen-bond donors (Lipinski definition) is 2. The van der Waals surface area contributed by atoms with Gasteiger partial charge in [-0.05, 0) is 79.6 Å². The van der Waals surface area contributed by atoms with Crippen molar-refractivity contribution in [1.29, 1.82) is 0 Å². The quantitative estimate of drug-likeness (QED) is 0.143. The predicted molar refractivity (Wildman–Crippen MR) is 160 cm³/mol. The van der Waals surface area contributed by atoms with Crippen LogP contribution in [0.1, 0.15) is 48.4 Å². The fraction of sp³-hybridized carbons (Fsp3) is 0.406. The Morgan fingerprint density at radius 3 is 2.23 bits per heavy atom. The molecule has 1 heterocycles. The molecule has 2 amide bonds. The molecular formula is C32H41ClN4O3. The van der Waals surface area contributed by atoms with Crippen molar-refractivity contribution in [3.05, 3.63) is 101 Å². The second-order valence-electron chi connectivity index (χ2n) is 10.4. The lowest BCUT2D eigenvalue weighted by molar-refractivity contribution is -0.0402. The number of primary amides is 1. The normalized spacial score (nSPS) is 15.1. The summed E-state index contributed by atoms with van der Waals surface area (Å²) < 4.78 is 5.96. The highest BCUT2D eigenvalue weighted by Crippen LogP contribution is 2.30. The zero-order valence-corrected chi connectivity index (χ0v) is 23.9. The summed E-state index contributed by atoms with van der Waals surface area (Å²) in [6.07, 6.45) is 4.59. The molecule has 1 aliphatic rings. The first-order chi connectivity index (χ1) is 19.5. The van der Waals surface area contributed by atoms with Gasteiger partial charge in [0.15, 0.2) is 0 Å². The molecule has 1 aliphatic heterocycles. The molecule has 0 aromatic heterocycles. The van der Waals surface area contributed by atoms with Gasteiger partial charge in [-0.25, -0.2) is 9.86 Å². The Kier molecular flexibility index (Phi) is 11.7. The van der Waals surface area contributed by atoms with Crippen molar-refractivity contribution in [2.45, 2.75) is 38.1 Å². The maximum Gasteiger partial charge on any atom is 0.338 e. The van der Waals surface area contributed by atoms with Gasteiger partial charge >= 0.3 is 6.03 Å². The maximum atomic E-state index is 10.8. The van der Waals surface area contributed by atoms with Crippen molar-refractivity contribution >= 4 is 17.6 Å². The van der Waals surface area contributed by atoms with Crippen LogP contribution in [0.15, 0.2) is 78.9 Å². The third kappa shape index (κ3) is 9.24. The van der Waals surface area contributed by atoms with Crippen LogP contribution in [-0.4, -0.2) is 72.0 Å². The Hall–Kier alpha value is -3.10. The SMILES string of the molecule is NC(=O)N(O)CCCCc1ccc(OCCCCN2CCN(C(c3ccccc3)c3ccc(Cl)cc3)CC2)cc1. The first kappa shape index (κ1) is 29.9. The van der Waals surface area contributed by atoms with E-state index >= 15 is 0 Å². The standard InChI is InChI=1S/C32H41ClN4O3/c33-29-15-13-28(14-16-29)31(27-9-2-1-3-10-27)36-23-21-35(22-24-36)19-6-7-25-40-30-17-11-26(12-18-30)8-4-5-20-37(39)32(34)38/h1-3,9-18,31,39H,4-8,19-25H2,(H2,34,38).